The summed E-state index contributed by atoms with van der Waals surface area (Å²) in [6, 6.07) is 0. The molecule has 1 amide bonds. The van der Waals surface area contributed by atoms with Gasteiger partial charge in [-0.2, -0.15) is 0 Å². The molecular weight excluding hydrogens is 260 g/mol. The van der Waals surface area contributed by atoms with E-state index < -0.39 is 0 Å². The molecular formula is C13H22N4O3. The summed E-state index contributed by atoms with van der Waals surface area (Å²) in [5, 5.41) is 12.1. The highest BCUT2D eigenvalue weighted by atomic mass is 16.5. The van der Waals surface area contributed by atoms with Gasteiger partial charge >= 0.3 is 0 Å². The van der Waals surface area contributed by atoms with E-state index in [0.29, 0.717) is 19.0 Å². The first-order chi connectivity index (χ1) is 9.72. The average molecular weight is 282 g/mol. The molecule has 0 aliphatic heterocycles. The lowest BCUT2D eigenvalue weighted by Crippen LogP contribution is -2.36. The number of aromatic nitrogens is 2. The van der Waals surface area contributed by atoms with Crippen molar-refractivity contribution in [3.05, 3.63) is 18.1 Å². The molecule has 1 rings (SSSR count). The van der Waals surface area contributed by atoms with Gasteiger partial charge < -0.3 is 20.1 Å². The van der Waals surface area contributed by atoms with E-state index in [1.165, 1.54) is 11.1 Å². The van der Waals surface area contributed by atoms with Crippen LogP contribution in [0.3, 0.4) is 0 Å². The monoisotopic (exact) mass is 282 g/mol. The predicted molar refractivity (Wildman–Crippen MR) is 75.7 cm³/mol. The van der Waals surface area contributed by atoms with Crippen LogP contribution in [0.5, 0.6) is 0 Å². The number of anilines is 1. The minimum atomic E-state index is -0.260. The highest BCUT2D eigenvalue weighted by Gasteiger charge is 2.17. The van der Waals surface area contributed by atoms with Gasteiger partial charge in [-0.3, -0.25) is 9.78 Å². The molecule has 0 radical (unpaired) electrons. The molecule has 1 aromatic heterocycles. The van der Waals surface area contributed by atoms with Gasteiger partial charge in [0.25, 0.3) is 5.91 Å². The van der Waals surface area contributed by atoms with Crippen molar-refractivity contribution in [2.45, 2.75) is 13.3 Å². The summed E-state index contributed by atoms with van der Waals surface area (Å²) in [6.07, 6.45) is 3.97. The van der Waals surface area contributed by atoms with Gasteiger partial charge in [-0.25, -0.2) is 4.98 Å². The van der Waals surface area contributed by atoms with Crippen LogP contribution in [-0.2, 0) is 4.74 Å². The van der Waals surface area contributed by atoms with E-state index in [1.54, 1.807) is 13.3 Å². The number of carbonyl (C=O) groups is 1. The van der Waals surface area contributed by atoms with E-state index in [4.69, 9.17) is 9.84 Å². The first-order valence-corrected chi connectivity index (χ1v) is 6.67. The Morgan fingerprint density at radius 2 is 2.25 bits per heavy atom. The lowest BCUT2D eigenvalue weighted by Gasteiger charge is -2.20. The minimum absolute atomic E-state index is 0.101. The van der Waals surface area contributed by atoms with Crippen LogP contribution in [0.25, 0.3) is 0 Å². The molecule has 7 nitrogen and oxygen atoms in total. The number of aliphatic hydroxyl groups is 1. The Hall–Kier alpha value is -1.73. The van der Waals surface area contributed by atoms with Crippen molar-refractivity contribution in [3.63, 3.8) is 0 Å². The van der Waals surface area contributed by atoms with Crippen molar-refractivity contribution in [3.8, 4) is 0 Å². The molecule has 0 aliphatic carbocycles. The smallest absolute Gasteiger partial charge is 0.274 e. The first kappa shape index (κ1) is 16.3. The van der Waals surface area contributed by atoms with Gasteiger partial charge in [-0.05, 0) is 6.42 Å². The fourth-order valence-electron chi connectivity index (χ4n) is 1.61. The molecule has 0 aliphatic rings. The van der Waals surface area contributed by atoms with Gasteiger partial charge in [0.05, 0.1) is 25.6 Å². The summed E-state index contributed by atoms with van der Waals surface area (Å²) < 4.78 is 4.96. The largest absolute Gasteiger partial charge is 0.395 e. The second-order valence-corrected chi connectivity index (χ2v) is 4.22. The number of rotatable bonds is 9. The summed E-state index contributed by atoms with van der Waals surface area (Å²) in [6.45, 7) is 3.78. The zero-order chi connectivity index (χ0) is 14.8. The summed E-state index contributed by atoms with van der Waals surface area (Å²) in [7, 11) is 1.57. The maximum absolute atomic E-state index is 12.3. The summed E-state index contributed by atoms with van der Waals surface area (Å²) in [5.41, 5.74) is 0.260. The Morgan fingerprint density at radius 1 is 1.45 bits per heavy atom. The van der Waals surface area contributed by atoms with Crippen LogP contribution in [-0.4, -0.2) is 65.8 Å². The second kappa shape index (κ2) is 9.22. The molecule has 20 heavy (non-hydrogen) atoms. The van der Waals surface area contributed by atoms with Crippen LogP contribution in [0.15, 0.2) is 12.4 Å². The zero-order valence-electron chi connectivity index (χ0n) is 12.0. The number of nitrogens with zero attached hydrogens (tertiary/aromatic N) is 3. The van der Waals surface area contributed by atoms with Gasteiger partial charge in [-0.15, -0.1) is 0 Å². The quantitative estimate of drug-likeness (QED) is 0.681. The standard InChI is InChI=1S/C13H22N4O3/c1-3-4-15-12-10-14-9-11(16-12)13(19)17(5-7-18)6-8-20-2/h9-10,18H,3-8H2,1-2H3,(H,15,16). The van der Waals surface area contributed by atoms with Crippen LogP contribution in [0.1, 0.15) is 23.8 Å². The molecule has 7 heteroatoms. The lowest BCUT2D eigenvalue weighted by molar-refractivity contribution is 0.0650. The van der Waals surface area contributed by atoms with Crippen molar-refractivity contribution in [1.29, 1.82) is 0 Å². The van der Waals surface area contributed by atoms with Gasteiger partial charge in [0.1, 0.15) is 11.5 Å². The molecule has 1 aromatic rings. The molecule has 0 unspecified atom stereocenters. The highest BCUT2D eigenvalue weighted by Crippen LogP contribution is 2.06. The molecule has 0 aromatic carbocycles. The fraction of sp³-hybridized carbons (Fsp3) is 0.615. The Labute approximate surface area is 119 Å². The van der Waals surface area contributed by atoms with Gasteiger partial charge in [0.15, 0.2) is 0 Å². The first-order valence-electron chi connectivity index (χ1n) is 6.67. The number of ether oxygens (including phenoxy) is 1. The second-order valence-electron chi connectivity index (χ2n) is 4.22. The molecule has 0 bridgehead atoms. The van der Waals surface area contributed by atoms with E-state index >= 15 is 0 Å². The molecule has 0 atom stereocenters. The molecule has 0 fully saturated rings. The number of amides is 1. The molecule has 0 saturated carbocycles. The maximum Gasteiger partial charge on any atom is 0.274 e. The molecule has 0 saturated heterocycles. The van der Waals surface area contributed by atoms with Crippen LogP contribution in [0.2, 0.25) is 0 Å². The van der Waals surface area contributed by atoms with E-state index in [9.17, 15) is 4.79 Å². The number of methoxy groups -OCH3 is 1. The average Bonchev–Trinajstić information content (AvgIpc) is 2.49. The molecule has 2 N–H and O–H groups in total. The zero-order valence-corrected chi connectivity index (χ0v) is 12.0. The van der Waals surface area contributed by atoms with Crippen molar-refractivity contribution >= 4 is 11.7 Å². The van der Waals surface area contributed by atoms with Crippen LogP contribution in [0, 0.1) is 0 Å². The third kappa shape index (κ3) is 5.10. The Morgan fingerprint density at radius 3 is 2.90 bits per heavy atom. The number of carbonyl (C=O) groups excluding carboxylic acids is 1. The Kier molecular flexibility index (Phi) is 7.52. The summed E-state index contributed by atoms with van der Waals surface area (Å²) in [4.78, 5) is 22.0. The minimum Gasteiger partial charge on any atom is -0.395 e. The van der Waals surface area contributed by atoms with Gasteiger partial charge in [-0.1, -0.05) is 6.92 Å². The van der Waals surface area contributed by atoms with E-state index in [1.807, 2.05) is 6.92 Å². The number of nitrogens with one attached hydrogen (secondary N) is 1. The van der Waals surface area contributed by atoms with Crippen molar-refractivity contribution in [1.82, 2.24) is 14.9 Å². The predicted octanol–water partition coefficient (Wildman–Crippen LogP) is 0.379. The summed E-state index contributed by atoms with van der Waals surface area (Å²) >= 11 is 0. The van der Waals surface area contributed by atoms with Crippen LogP contribution < -0.4 is 5.32 Å². The number of hydrogen-bond donors (Lipinski definition) is 2. The number of hydrogen-bond acceptors (Lipinski definition) is 6. The van der Waals surface area contributed by atoms with Crippen molar-refractivity contribution in [2.75, 3.05) is 45.3 Å². The van der Waals surface area contributed by atoms with Crippen LogP contribution >= 0.6 is 0 Å². The van der Waals surface area contributed by atoms with Gasteiger partial charge in [0.2, 0.25) is 0 Å². The van der Waals surface area contributed by atoms with E-state index in [2.05, 4.69) is 15.3 Å². The summed E-state index contributed by atoms with van der Waals surface area (Å²) in [5.74, 6) is 0.317. The van der Waals surface area contributed by atoms with E-state index in [0.717, 1.165) is 13.0 Å². The van der Waals surface area contributed by atoms with Crippen molar-refractivity contribution < 1.29 is 14.6 Å². The Balaban J connectivity index is 2.76. The lowest BCUT2D eigenvalue weighted by atomic mass is 10.3. The molecule has 112 valence electrons. The third-order valence-electron chi connectivity index (χ3n) is 2.63. The van der Waals surface area contributed by atoms with E-state index in [-0.39, 0.29) is 24.8 Å². The van der Waals surface area contributed by atoms with Crippen LogP contribution in [0.4, 0.5) is 5.82 Å². The van der Waals surface area contributed by atoms with Crippen molar-refractivity contribution in [2.24, 2.45) is 0 Å². The number of aliphatic hydroxyl groups excluding tert-OH is 1. The molecule has 1 heterocycles. The normalized spacial score (nSPS) is 10.3. The topological polar surface area (TPSA) is 87.6 Å². The Bertz CT molecular complexity index is 414. The fourth-order valence-corrected chi connectivity index (χ4v) is 1.61. The third-order valence-corrected chi connectivity index (χ3v) is 2.63. The van der Waals surface area contributed by atoms with Gasteiger partial charge in [0, 0.05) is 26.7 Å². The maximum atomic E-state index is 12.3. The molecule has 0 spiro atoms. The SMILES string of the molecule is CCCNc1cncc(C(=O)N(CCO)CCOC)n1. The highest BCUT2D eigenvalue weighted by molar-refractivity contribution is 5.92.